The van der Waals surface area contributed by atoms with Gasteiger partial charge in [-0.3, -0.25) is 0 Å². The number of pyridine rings is 1. The monoisotopic (exact) mass is 167 g/mol. The SMILES string of the molecule is COC(=O)c1cc(N)cnc1N. The van der Waals surface area contributed by atoms with Gasteiger partial charge < -0.3 is 16.2 Å². The molecule has 0 amide bonds. The maximum Gasteiger partial charge on any atom is 0.341 e. The Morgan fingerprint density at radius 2 is 2.25 bits per heavy atom. The number of nitrogens with two attached hydrogens (primary N) is 2. The summed E-state index contributed by atoms with van der Waals surface area (Å²) in [5, 5.41) is 0. The van der Waals surface area contributed by atoms with E-state index in [1.54, 1.807) is 0 Å². The summed E-state index contributed by atoms with van der Waals surface area (Å²) in [5.74, 6) is -0.414. The number of carbonyl (C=O) groups is 1. The summed E-state index contributed by atoms with van der Waals surface area (Å²) in [7, 11) is 1.27. The number of esters is 1. The lowest BCUT2D eigenvalue weighted by Crippen LogP contribution is -2.07. The Kier molecular flexibility index (Phi) is 2.14. The maximum atomic E-state index is 11.0. The highest BCUT2D eigenvalue weighted by atomic mass is 16.5. The predicted octanol–water partition coefficient (Wildman–Crippen LogP) is 0.0326. The summed E-state index contributed by atoms with van der Waals surface area (Å²) in [5.41, 5.74) is 11.4. The number of aromatic nitrogens is 1. The zero-order valence-electron chi connectivity index (χ0n) is 6.57. The lowest BCUT2D eigenvalue weighted by Gasteiger charge is -2.02. The van der Waals surface area contributed by atoms with Crippen molar-refractivity contribution < 1.29 is 9.53 Å². The minimum absolute atomic E-state index is 0.121. The Labute approximate surface area is 69.3 Å². The number of methoxy groups -OCH3 is 1. The first-order valence-corrected chi connectivity index (χ1v) is 3.24. The Bertz CT molecular complexity index is 312. The van der Waals surface area contributed by atoms with Crippen molar-refractivity contribution in [2.75, 3.05) is 18.6 Å². The quantitative estimate of drug-likeness (QED) is 0.576. The molecule has 5 nitrogen and oxygen atoms in total. The minimum atomic E-state index is -0.535. The lowest BCUT2D eigenvalue weighted by atomic mass is 10.2. The lowest BCUT2D eigenvalue weighted by molar-refractivity contribution is 0.0601. The Morgan fingerprint density at radius 1 is 1.58 bits per heavy atom. The number of nitrogens with zero attached hydrogens (tertiary/aromatic N) is 1. The number of rotatable bonds is 1. The molecule has 1 aromatic heterocycles. The van der Waals surface area contributed by atoms with Crippen molar-refractivity contribution in [3.8, 4) is 0 Å². The van der Waals surface area contributed by atoms with E-state index in [0.29, 0.717) is 5.69 Å². The van der Waals surface area contributed by atoms with E-state index >= 15 is 0 Å². The van der Waals surface area contributed by atoms with Crippen molar-refractivity contribution in [1.29, 1.82) is 0 Å². The first-order valence-electron chi connectivity index (χ1n) is 3.24. The van der Waals surface area contributed by atoms with Crippen molar-refractivity contribution in [3.05, 3.63) is 17.8 Å². The zero-order chi connectivity index (χ0) is 9.14. The van der Waals surface area contributed by atoms with Crippen LogP contribution >= 0.6 is 0 Å². The van der Waals surface area contributed by atoms with E-state index in [4.69, 9.17) is 11.5 Å². The molecule has 0 unspecified atom stereocenters. The summed E-state index contributed by atoms with van der Waals surface area (Å²) < 4.78 is 4.46. The molecule has 5 heteroatoms. The summed E-state index contributed by atoms with van der Waals surface area (Å²) in [4.78, 5) is 14.7. The number of hydrogen-bond acceptors (Lipinski definition) is 5. The molecule has 0 aliphatic carbocycles. The number of ether oxygens (including phenoxy) is 1. The number of hydrogen-bond donors (Lipinski definition) is 2. The molecule has 1 rings (SSSR count). The third kappa shape index (κ3) is 1.45. The summed E-state index contributed by atoms with van der Waals surface area (Å²) >= 11 is 0. The second-order valence-corrected chi connectivity index (χ2v) is 2.19. The summed E-state index contributed by atoms with van der Waals surface area (Å²) in [6, 6.07) is 1.42. The molecule has 0 saturated carbocycles. The largest absolute Gasteiger partial charge is 0.465 e. The van der Waals surface area contributed by atoms with Gasteiger partial charge in [0.25, 0.3) is 0 Å². The van der Waals surface area contributed by atoms with Gasteiger partial charge in [-0.05, 0) is 6.07 Å². The molecule has 0 bridgehead atoms. The first kappa shape index (κ1) is 8.32. The smallest absolute Gasteiger partial charge is 0.341 e. The highest BCUT2D eigenvalue weighted by Gasteiger charge is 2.10. The molecular formula is C7H9N3O2. The third-order valence-electron chi connectivity index (χ3n) is 1.34. The van der Waals surface area contributed by atoms with Crippen LogP contribution in [0.1, 0.15) is 10.4 Å². The van der Waals surface area contributed by atoms with Crippen molar-refractivity contribution in [1.82, 2.24) is 4.98 Å². The predicted molar refractivity (Wildman–Crippen MR) is 44.4 cm³/mol. The topological polar surface area (TPSA) is 91.2 Å². The molecule has 0 aromatic carbocycles. The summed E-state index contributed by atoms with van der Waals surface area (Å²) in [6.07, 6.45) is 1.38. The molecule has 1 heterocycles. The minimum Gasteiger partial charge on any atom is -0.465 e. The van der Waals surface area contributed by atoms with Crippen molar-refractivity contribution >= 4 is 17.5 Å². The number of anilines is 2. The van der Waals surface area contributed by atoms with Crippen LogP contribution in [0.3, 0.4) is 0 Å². The van der Waals surface area contributed by atoms with E-state index < -0.39 is 5.97 Å². The molecule has 4 N–H and O–H groups in total. The Balaban J connectivity index is 3.13. The molecule has 0 aliphatic heterocycles. The molecule has 0 atom stereocenters. The van der Waals surface area contributed by atoms with Gasteiger partial charge >= 0.3 is 5.97 Å². The van der Waals surface area contributed by atoms with Crippen molar-refractivity contribution in [3.63, 3.8) is 0 Å². The van der Waals surface area contributed by atoms with Gasteiger partial charge in [0.05, 0.1) is 19.0 Å². The molecule has 12 heavy (non-hydrogen) atoms. The highest BCUT2D eigenvalue weighted by molar-refractivity contribution is 5.94. The maximum absolute atomic E-state index is 11.0. The van der Waals surface area contributed by atoms with Crippen molar-refractivity contribution in [2.45, 2.75) is 0 Å². The van der Waals surface area contributed by atoms with Crippen LogP contribution in [0.15, 0.2) is 12.3 Å². The standard InChI is InChI=1S/C7H9N3O2/c1-12-7(11)5-2-4(8)3-10-6(5)9/h2-3H,8H2,1H3,(H2,9,10). The van der Waals surface area contributed by atoms with Gasteiger partial charge in [-0.25, -0.2) is 9.78 Å². The molecule has 1 aromatic rings. The zero-order valence-corrected chi connectivity index (χ0v) is 6.57. The average Bonchev–Trinajstić information content (AvgIpc) is 2.08. The van der Waals surface area contributed by atoms with E-state index in [0.717, 1.165) is 0 Å². The fourth-order valence-corrected chi connectivity index (χ4v) is 0.765. The van der Waals surface area contributed by atoms with Gasteiger partial charge in [-0.2, -0.15) is 0 Å². The van der Waals surface area contributed by atoms with Crippen LogP contribution in [0, 0.1) is 0 Å². The first-order chi connectivity index (χ1) is 5.65. The Hall–Kier alpha value is -1.78. The van der Waals surface area contributed by atoms with Crippen LogP contribution in [-0.4, -0.2) is 18.1 Å². The molecule has 0 fully saturated rings. The van der Waals surface area contributed by atoms with Gasteiger partial charge in [-0.15, -0.1) is 0 Å². The van der Waals surface area contributed by atoms with Crippen LogP contribution in [0.5, 0.6) is 0 Å². The molecule has 0 spiro atoms. The fourth-order valence-electron chi connectivity index (χ4n) is 0.765. The van der Waals surface area contributed by atoms with E-state index in [9.17, 15) is 4.79 Å². The van der Waals surface area contributed by atoms with E-state index in [1.807, 2.05) is 0 Å². The van der Waals surface area contributed by atoms with Gasteiger partial charge in [0, 0.05) is 0 Å². The summed E-state index contributed by atoms with van der Waals surface area (Å²) in [6.45, 7) is 0. The third-order valence-corrected chi connectivity index (χ3v) is 1.34. The van der Waals surface area contributed by atoms with Crippen LogP contribution < -0.4 is 11.5 Å². The molecule has 0 radical (unpaired) electrons. The van der Waals surface area contributed by atoms with Gasteiger partial charge in [0.2, 0.25) is 0 Å². The van der Waals surface area contributed by atoms with E-state index in [1.165, 1.54) is 19.4 Å². The average molecular weight is 167 g/mol. The Morgan fingerprint density at radius 3 is 2.83 bits per heavy atom. The highest BCUT2D eigenvalue weighted by Crippen LogP contribution is 2.12. The van der Waals surface area contributed by atoms with E-state index in [2.05, 4.69) is 9.72 Å². The van der Waals surface area contributed by atoms with Gasteiger partial charge in [0.1, 0.15) is 11.4 Å². The molecule has 0 aliphatic rings. The van der Waals surface area contributed by atoms with Crippen LogP contribution in [0.4, 0.5) is 11.5 Å². The normalized spacial score (nSPS) is 9.42. The van der Waals surface area contributed by atoms with E-state index in [-0.39, 0.29) is 11.4 Å². The fraction of sp³-hybridized carbons (Fsp3) is 0.143. The van der Waals surface area contributed by atoms with Gasteiger partial charge in [0.15, 0.2) is 0 Å². The van der Waals surface area contributed by atoms with Crippen molar-refractivity contribution in [2.24, 2.45) is 0 Å². The molecule has 0 saturated heterocycles. The number of carbonyl (C=O) groups excluding carboxylic acids is 1. The molecule has 64 valence electrons. The van der Waals surface area contributed by atoms with Crippen LogP contribution in [0.25, 0.3) is 0 Å². The van der Waals surface area contributed by atoms with Crippen LogP contribution in [0.2, 0.25) is 0 Å². The van der Waals surface area contributed by atoms with Crippen LogP contribution in [-0.2, 0) is 4.74 Å². The molecular weight excluding hydrogens is 158 g/mol. The van der Waals surface area contributed by atoms with Gasteiger partial charge in [-0.1, -0.05) is 0 Å². The second-order valence-electron chi connectivity index (χ2n) is 2.19. The second kappa shape index (κ2) is 3.08. The number of nitrogen functional groups attached to an aromatic ring is 2.